The van der Waals surface area contributed by atoms with Crippen molar-refractivity contribution in [1.29, 1.82) is 0 Å². The molecule has 196 valence electrons. The first-order chi connectivity index (χ1) is 16.6. The minimum absolute atomic E-state index is 0.321. The number of carbonyl (C=O) groups is 2. The molecule has 34 heavy (non-hydrogen) atoms. The summed E-state index contributed by atoms with van der Waals surface area (Å²) < 4.78 is 10.2. The number of benzene rings is 1. The topological polar surface area (TPSA) is 52.6 Å². The van der Waals surface area contributed by atoms with Crippen molar-refractivity contribution in [3.05, 3.63) is 29.8 Å². The van der Waals surface area contributed by atoms with Crippen LogP contribution in [0.2, 0.25) is 0 Å². The maximum Gasteiger partial charge on any atom is 0.379 e. The van der Waals surface area contributed by atoms with E-state index in [2.05, 4.69) is 25.5 Å². The van der Waals surface area contributed by atoms with Gasteiger partial charge in [-0.1, -0.05) is 124 Å². The molecular formula is C30H52O4. The van der Waals surface area contributed by atoms with Crippen LogP contribution >= 0.6 is 0 Å². The number of ketones is 1. The first-order valence-electron chi connectivity index (χ1n) is 14.0. The highest BCUT2D eigenvalue weighted by Crippen LogP contribution is 2.15. The third kappa shape index (κ3) is 18.6. The molecule has 0 aromatic heterocycles. The molecule has 0 heterocycles. The molecule has 0 amide bonds. The molecule has 0 aliphatic heterocycles. The number of esters is 1. The summed E-state index contributed by atoms with van der Waals surface area (Å²) in [7, 11) is 1.20. The highest BCUT2D eigenvalue weighted by atomic mass is 16.5. The Hall–Kier alpha value is -1.84. The molecule has 0 radical (unpaired) electrons. The van der Waals surface area contributed by atoms with Crippen molar-refractivity contribution >= 4 is 11.8 Å². The molecule has 0 bridgehead atoms. The number of rotatable bonds is 20. The molecule has 0 atom stereocenters. The van der Waals surface area contributed by atoms with E-state index in [4.69, 9.17) is 4.74 Å². The number of Topliss-reactive ketones (excluding diaryl/α,β-unsaturated/α-hetero) is 1. The van der Waals surface area contributed by atoms with Crippen LogP contribution in [0, 0.1) is 0 Å². The second-order valence-corrected chi connectivity index (χ2v) is 9.20. The summed E-state index contributed by atoms with van der Waals surface area (Å²) in [5, 5.41) is 0. The molecule has 0 unspecified atom stereocenters. The van der Waals surface area contributed by atoms with Gasteiger partial charge in [-0.2, -0.15) is 0 Å². The first kappa shape index (κ1) is 32.2. The largest absolute Gasteiger partial charge is 0.494 e. The van der Waals surface area contributed by atoms with Crippen molar-refractivity contribution in [1.82, 2.24) is 0 Å². The van der Waals surface area contributed by atoms with Crippen LogP contribution < -0.4 is 4.74 Å². The van der Waals surface area contributed by atoms with Gasteiger partial charge in [0.05, 0.1) is 13.7 Å². The predicted molar refractivity (Wildman–Crippen MR) is 144 cm³/mol. The van der Waals surface area contributed by atoms with E-state index in [-0.39, 0.29) is 0 Å². The van der Waals surface area contributed by atoms with Gasteiger partial charge in [0, 0.05) is 5.56 Å². The van der Waals surface area contributed by atoms with Gasteiger partial charge < -0.3 is 9.47 Å². The fourth-order valence-electron chi connectivity index (χ4n) is 3.75. The zero-order valence-electron chi connectivity index (χ0n) is 22.7. The van der Waals surface area contributed by atoms with E-state index in [1.807, 2.05) is 0 Å². The second-order valence-electron chi connectivity index (χ2n) is 9.20. The Morgan fingerprint density at radius 2 is 1.00 bits per heavy atom. The number of ether oxygens (including phenoxy) is 2. The van der Waals surface area contributed by atoms with Crippen LogP contribution in [0.25, 0.3) is 0 Å². The van der Waals surface area contributed by atoms with Crippen LogP contribution in [0.5, 0.6) is 5.75 Å². The Kier molecular flexibility index (Phi) is 23.0. The SMILES string of the molecule is CCC.CCCCCCCCCCCCCCCCCCOc1ccc(C(=O)C(=O)OC)cc1. The van der Waals surface area contributed by atoms with Crippen LogP contribution in [0.4, 0.5) is 0 Å². The molecule has 1 aromatic rings. The molecule has 0 aliphatic rings. The molecular weight excluding hydrogens is 424 g/mol. The first-order valence-corrected chi connectivity index (χ1v) is 14.0. The molecule has 0 N–H and O–H groups in total. The van der Waals surface area contributed by atoms with Gasteiger partial charge in [-0.25, -0.2) is 4.79 Å². The number of hydrogen-bond donors (Lipinski definition) is 0. The average molecular weight is 477 g/mol. The van der Waals surface area contributed by atoms with E-state index in [0.29, 0.717) is 12.2 Å². The van der Waals surface area contributed by atoms with Crippen LogP contribution in [0.1, 0.15) is 140 Å². The predicted octanol–water partition coefficient (Wildman–Crippen LogP) is 9.10. The van der Waals surface area contributed by atoms with Crippen LogP contribution in [-0.2, 0) is 9.53 Å². The lowest BCUT2D eigenvalue weighted by Gasteiger charge is -2.07. The standard InChI is InChI=1S/C27H44O4.C3H8/c1-3-4-5-6-7-8-9-10-11-12-13-14-15-16-17-18-23-31-25-21-19-24(20-22-25)26(28)27(29)30-2;1-3-2/h19-22H,3-18,23H2,1-2H3;3H2,1-2H3. The zero-order chi connectivity index (χ0) is 25.3. The highest BCUT2D eigenvalue weighted by molar-refractivity contribution is 6.40. The van der Waals surface area contributed by atoms with E-state index in [9.17, 15) is 9.59 Å². The Morgan fingerprint density at radius 1 is 0.618 bits per heavy atom. The lowest BCUT2D eigenvalue weighted by Crippen LogP contribution is -2.15. The summed E-state index contributed by atoms with van der Waals surface area (Å²) in [6.45, 7) is 7.21. The molecule has 0 spiro atoms. The van der Waals surface area contributed by atoms with Crippen molar-refractivity contribution in [3.8, 4) is 5.75 Å². The van der Waals surface area contributed by atoms with E-state index in [1.165, 1.54) is 110 Å². The van der Waals surface area contributed by atoms with Gasteiger partial charge in [0.1, 0.15) is 5.75 Å². The number of methoxy groups -OCH3 is 1. The fourth-order valence-corrected chi connectivity index (χ4v) is 3.75. The van der Waals surface area contributed by atoms with Gasteiger partial charge in [-0.15, -0.1) is 0 Å². The smallest absolute Gasteiger partial charge is 0.379 e. The van der Waals surface area contributed by atoms with Gasteiger partial charge in [0.25, 0.3) is 5.78 Å². The normalized spacial score (nSPS) is 10.4. The summed E-state index contributed by atoms with van der Waals surface area (Å²) in [5.41, 5.74) is 0.321. The van der Waals surface area contributed by atoms with Crippen molar-refractivity contribution < 1.29 is 19.1 Å². The van der Waals surface area contributed by atoms with Crippen molar-refractivity contribution in [2.24, 2.45) is 0 Å². The summed E-state index contributed by atoms with van der Waals surface area (Å²) in [6.07, 6.45) is 22.9. The lowest BCUT2D eigenvalue weighted by molar-refractivity contribution is -0.135. The molecule has 1 aromatic carbocycles. The van der Waals surface area contributed by atoms with Crippen molar-refractivity contribution in [2.45, 2.75) is 130 Å². The molecule has 4 nitrogen and oxygen atoms in total. The number of hydrogen-bond acceptors (Lipinski definition) is 4. The third-order valence-electron chi connectivity index (χ3n) is 5.75. The van der Waals surface area contributed by atoms with E-state index >= 15 is 0 Å². The van der Waals surface area contributed by atoms with E-state index in [0.717, 1.165) is 12.2 Å². The van der Waals surface area contributed by atoms with Crippen molar-refractivity contribution in [3.63, 3.8) is 0 Å². The Labute approximate surface area is 210 Å². The molecule has 1 rings (SSSR count). The molecule has 0 fully saturated rings. The van der Waals surface area contributed by atoms with Gasteiger partial charge in [-0.05, 0) is 30.7 Å². The van der Waals surface area contributed by atoms with E-state index < -0.39 is 11.8 Å². The summed E-state index contributed by atoms with van der Waals surface area (Å²) in [4.78, 5) is 22.9. The van der Waals surface area contributed by atoms with Crippen molar-refractivity contribution in [2.75, 3.05) is 13.7 Å². The van der Waals surface area contributed by atoms with Gasteiger partial charge in [-0.3, -0.25) is 4.79 Å². The Morgan fingerprint density at radius 3 is 1.38 bits per heavy atom. The fraction of sp³-hybridized carbons (Fsp3) is 0.733. The summed E-state index contributed by atoms with van der Waals surface area (Å²) in [5.74, 6) is -0.754. The summed E-state index contributed by atoms with van der Waals surface area (Å²) in [6, 6.07) is 6.65. The Bertz CT molecular complexity index is 594. The van der Waals surface area contributed by atoms with Gasteiger partial charge in [0.15, 0.2) is 0 Å². The zero-order valence-corrected chi connectivity index (χ0v) is 22.7. The summed E-state index contributed by atoms with van der Waals surface area (Å²) >= 11 is 0. The Balaban J connectivity index is 0.00000343. The molecule has 4 heteroatoms. The molecule has 0 saturated heterocycles. The monoisotopic (exact) mass is 476 g/mol. The van der Waals surface area contributed by atoms with Crippen LogP contribution in [-0.4, -0.2) is 25.5 Å². The molecule has 0 saturated carbocycles. The second kappa shape index (κ2) is 24.3. The maximum atomic E-state index is 11.7. The maximum absolute atomic E-state index is 11.7. The molecule has 0 aliphatic carbocycles. The minimum Gasteiger partial charge on any atom is -0.494 e. The average Bonchev–Trinajstić information content (AvgIpc) is 2.86. The highest BCUT2D eigenvalue weighted by Gasteiger charge is 2.16. The minimum atomic E-state index is -0.846. The van der Waals surface area contributed by atoms with Gasteiger partial charge in [0.2, 0.25) is 0 Å². The number of carbonyl (C=O) groups excluding carboxylic acids is 2. The number of unbranched alkanes of at least 4 members (excludes halogenated alkanes) is 15. The quantitative estimate of drug-likeness (QED) is 0.0814. The van der Waals surface area contributed by atoms with Crippen LogP contribution in [0.15, 0.2) is 24.3 Å². The van der Waals surface area contributed by atoms with E-state index in [1.54, 1.807) is 24.3 Å². The van der Waals surface area contributed by atoms with Gasteiger partial charge >= 0.3 is 5.97 Å². The van der Waals surface area contributed by atoms with Crippen LogP contribution in [0.3, 0.4) is 0 Å². The third-order valence-corrected chi connectivity index (χ3v) is 5.75. The lowest BCUT2D eigenvalue weighted by atomic mass is 10.0.